The third-order valence-electron chi connectivity index (χ3n) is 3.61. The van der Waals surface area contributed by atoms with Crippen LogP contribution in [0.3, 0.4) is 0 Å². The highest BCUT2D eigenvalue weighted by molar-refractivity contribution is 7.89. The fourth-order valence-corrected chi connectivity index (χ4v) is 3.29. The number of nitrogens with zero attached hydrogens (tertiary/aromatic N) is 1. The zero-order valence-corrected chi connectivity index (χ0v) is 15.2. The van der Waals surface area contributed by atoms with Gasteiger partial charge in [-0.1, -0.05) is 24.3 Å². The molecule has 0 aliphatic heterocycles. The Balaban J connectivity index is 1.89. The molecule has 0 radical (unpaired) electrons. The smallest absolute Gasteiger partial charge is 0.269 e. The lowest BCUT2D eigenvalue weighted by Gasteiger charge is -2.08. The number of hydrogen-bond acceptors (Lipinski definition) is 6. The fraction of sp³-hybridized carbons (Fsp3) is 0.294. The maximum Gasteiger partial charge on any atom is 0.269 e. The molecule has 0 saturated carbocycles. The van der Waals surface area contributed by atoms with Crippen LogP contribution in [-0.4, -0.2) is 33.6 Å². The first kappa shape index (κ1) is 20.0. The Bertz CT molecular complexity index is 838. The van der Waals surface area contributed by atoms with Crippen molar-refractivity contribution in [1.29, 1.82) is 0 Å². The minimum Gasteiger partial charge on any atom is -0.383 e. The van der Waals surface area contributed by atoms with Crippen molar-refractivity contribution in [1.82, 2.24) is 10.0 Å². The molecule has 0 heterocycles. The molecule has 2 aromatic carbocycles. The molecule has 9 heteroatoms. The molecular formula is C17H21N3O5S. The summed E-state index contributed by atoms with van der Waals surface area (Å²) in [6.07, 6.45) is 0. The second-order valence-corrected chi connectivity index (χ2v) is 7.33. The van der Waals surface area contributed by atoms with E-state index in [2.05, 4.69) is 10.0 Å². The van der Waals surface area contributed by atoms with Crippen molar-refractivity contribution in [3.05, 3.63) is 69.8 Å². The molecule has 2 rings (SSSR count). The first-order valence-electron chi connectivity index (χ1n) is 7.94. The lowest BCUT2D eigenvalue weighted by Crippen LogP contribution is -2.27. The van der Waals surface area contributed by atoms with Crippen molar-refractivity contribution < 1.29 is 18.1 Å². The Hall–Kier alpha value is -2.33. The lowest BCUT2D eigenvalue weighted by molar-refractivity contribution is -0.384. The van der Waals surface area contributed by atoms with Crippen molar-refractivity contribution in [3.63, 3.8) is 0 Å². The molecule has 0 amide bonds. The molecule has 0 aliphatic rings. The van der Waals surface area contributed by atoms with Crippen molar-refractivity contribution in [3.8, 4) is 0 Å². The van der Waals surface area contributed by atoms with Crippen molar-refractivity contribution in [2.45, 2.75) is 18.0 Å². The number of non-ortho nitro benzene ring substituents is 1. The maximum atomic E-state index is 12.1. The molecule has 0 aliphatic carbocycles. The SMILES string of the molecule is COCCNS(=O)(=O)c1ccc(CNCc2cccc([N+](=O)[O-])c2)cc1. The summed E-state index contributed by atoms with van der Waals surface area (Å²) in [7, 11) is -2.04. The molecular weight excluding hydrogens is 358 g/mol. The third kappa shape index (κ3) is 5.88. The number of nitrogens with one attached hydrogen (secondary N) is 2. The molecule has 0 atom stereocenters. The van der Waals surface area contributed by atoms with E-state index in [1.807, 2.05) is 0 Å². The first-order chi connectivity index (χ1) is 12.4. The normalized spacial score (nSPS) is 11.4. The van der Waals surface area contributed by atoms with Crippen LogP contribution in [-0.2, 0) is 27.8 Å². The van der Waals surface area contributed by atoms with Crippen molar-refractivity contribution in [2.75, 3.05) is 20.3 Å². The Morgan fingerprint density at radius 1 is 1.08 bits per heavy atom. The van der Waals surface area contributed by atoms with Gasteiger partial charge in [0.1, 0.15) is 0 Å². The second kappa shape index (κ2) is 9.39. The molecule has 8 nitrogen and oxygen atoms in total. The van der Waals surface area contributed by atoms with Crippen LogP contribution in [0.2, 0.25) is 0 Å². The number of rotatable bonds is 10. The van der Waals surface area contributed by atoms with E-state index in [4.69, 9.17) is 4.74 Å². The van der Waals surface area contributed by atoms with Gasteiger partial charge in [-0.05, 0) is 23.3 Å². The largest absolute Gasteiger partial charge is 0.383 e. The predicted molar refractivity (Wildman–Crippen MR) is 97.1 cm³/mol. The zero-order chi connectivity index (χ0) is 19.0. The van der Waals surface area contributed by atoms with E-state index in [9.17, 15) is 18.5 Å². The molecule has 0 bridgehead atoms. The van der Waals surface area contributed by atoms with Crippen LogP contribution in [0.25, 0.3) is 0 Å². The summed E-state index contributed by atoms with van der Waals surface area (Å²) < 4.78 is 31.4. The number of nitro benzene ring substituents is 1. The van der Waals surface area contributed by atoms with Gasteiger partial charge in [0, 0.05) is 38.9 Å². The van der Waals surface area contributed by atoms with E-state index in [1.54, 1.807) is 36.4 Å². The van der Waals surface area contributed by atoms with Gasteiger partial charge >= 0.3 is 0 Å². The summed E-state index contributed by atoms with van der Waals surface area (Å²) in [5.74, 6) is 0. The van der Waals surface area contributed by atoms with Gasteiger partial charge in [-0.2, -0.15) is 0 Å². The van der Waals surface area contributed by atoms with Crippen LogP contribution in [0.15, 0.2) is 53.4 Å². The van der Waals surface area contributed by atoms with Gasteiger partial charge in [-0.15, -0.1) is 0 Å². The van der Waals surface area contributed by atoms with Crippen molar-refractivity contribution in [2.24, 2.45) is 0 Å². The molecule has 26 heavy (non-hydrogen) atoms. The van der Waals surface area contributed by atoms with E-state index in [1.165, 1.54) is 19.2 Å². The average Bonchev–Trinajstić information content (AvgIpc) is 2.62. The quantitative estimate of drug-likeness (QED) is 0.370. The summed E-state index contributed by atoms with van der Waals surface area (Å²) in [5.41, 5.74) is 1.77. The van der Waals surface area contributed by atoms with Gasteiger partial charge in [0.25, 0.3) is 5.69 Å². The van der Waals surface area contributed by atoms with E-state index in [0.717, 1.165) is 11.1 Å². The summed E-state index contributed by atoms with van der Waals surface area (Å²) in [6, 6.07) is 13.0. The molecule has 0 saturated heterocycles. The number of benzene rings is 2. The standard InChI is InChI=1S/C17H21N3O5S/c1-25-10-9-19-26(23,24)17-7-5-14(6-8-17)12-18-13-15-3-2-4-16(11-15)20(21)22/h2-8,11,18-19H,9-10,12-13H2,1H3. The average molecular weight is 379 g/mol. The number of nitro groups is 1. The number of hydrogen-bond donors (Lipinski definition) is 2. The lowest BCUT2D eigenvalue weighted by atomic mass is 10.2. The van der Waals surface area contributed by atoms with Crippen LogP contribution < -0.4 is 10.0 Å². The molecule has 0 aromatic heterocycles. The van der Waals surface area contributed by atoms with Crippen LogP contribution >= 0.6 is 0 Å². The highest BCUT2D eigenvalue weighted by Gasteiger charge is 2.12. The maximum absolute atomic E-state index is 12.1. The topological polar surface area (TPSA) is 111 Å². The monoisotopic (exact) mass is 379 g/mol. The Kier molecular flexibility index (Phi) is 7.22. The summed E-state index contributed by atoms with van der Waals surface area (Å²) in [4.78, 5) is 10.5. The summed E-state index contributed by atoms with van der Waals surface area (Å²) in [6.45, 7) is 1.50. The van der Waals surface area contributed by atoms with Crippen LogP contribution in [0.5, 0.6) is 0 Å². The van der Waals surface area contributed by atoms with E-state index >= 15 is 0 Å². The van der Waals surface area contributed by atoms with Crippen LogP contribution in [0.4, 0.5) is 5.69 Å². The van der Waals surface area contributed by atoms with Gasteiger partial charge in [-0.3, -0.25) is 10.1 Å². The van der Waals surface area contributed by atoms with E-state index in [-0.39, 0.29) is 17.1 Å². The Morgan fingerprint density at radius 3 is 2.42 bits per heavy atom. The van der Waals surface area contributed by atoms with Gasteiger partial charge in [0.2, 0.25) is 10.0 Å². The molecule has 0 spiro atoms. The Morgan fingerprint density at radius 2 is 1.77 bits per heavy atom. The molecule has 2 aromatic rings. The van der Waals surface area contributed by atoms with Crippen LogP contribution in [0.1, 0.15) is 11.1 Å². The number of methoxy groups -OCH3 is 1. The molecule has 0 fully saturated rings. The predicted octanol–water partition coefficient (Wildman–Crippen LogP) is 1.81. The first-order valence-corrected chi connectivity index (χ1v) is 9.42. The molecule has 140 valence electrons. The minimum atomic E-state index is -3.54. The zero-order valence-electron chi connectivity index (χ0n) is 14.3. The highest BCUT2D eigenvalue weighted by atomic mass is 32.2. The highest BCUT2D eigenvalue weighted by Crippen LogP contribution is 2.13. The van der Waals surface area contributed by atoms with Gasteiger partial charge < -0.3 is 10.1 Å². The van der Waals surface area contributed by atoms with Crippen LogP contribution in [0, 0.1) is 10.1 Å². The summed E-state index contributed by atoms with van der Waals surface area (Å²) >= 11 is 0. The minimum absolute atomic E-state index is 0.0554. The molecule has 2 N–H and O–H groups in total. The van der Waals surface area contributed by atoms with E-state index in [0.29, 0.717) is 19.7 Å². The fourth-order valence-electron chi connectivity index (χ4n) is 2.28. The summed E-state index contributed by atoms with van der Waals surface area (Å²) in [5, 5.41) is 13.9. The third-order valence-corrected chi connectivity index (χ3v) is 5.09. The van der Waals surface area contributed by atoms with Gasteiger partial charge in [0.15, 0.2) is 0 Å². The van der Waals surface area contributed by atoms with Gasteiger partial charge in [-0.25, -0.2) is 13.1 Å². The second-order valence-electron chi connectivity index (χ2n) is 5.57. The Labute approximate surface area is 152 Å². The van der Waals surface area contributed by atoms with E-state index < -0.39 is 14.9 Å². The number of ether oxygens (including phenoxy) is 1. The van der Waals surface area contributed by atoms with Crippen molar-refractivity contribution >= 4 is 15.7 Å². The van der Waals surface area contributed by atoms with Gasteiger partial charge in [0.05, 0.1) is 16.4 Å². The number of sulfonamides is 1. The molecule has 0 unspecified atom stereocenters.